The number of nitrogens with zero attached hydrogens (tertiary/aromatic N) is 2. The predicted octanol–water partition coefficient (Wildman–Crippen LogP) is 5.18. The van der Waals surface area contributed by atoms with Gasteiger partial charge < -0.3 is 0 Å². The van der Waals surface area contributed by atoms with Crippen LogP contribution in [0.1, 0.15) is 66.8 Å². The Morgan fingerprint density at radius 1 is 1.12 bits per heavy atom. The summed E-state index contributed by atoms with van der Waals surface area (Å²) in [7, 11) is -3.63. The van der Waals surface area contributed by atoms with Gasteiger partial charge >= 0.3 is 0 Å². The molecule has 0 bridgehead atoms. The van der Waals surface area contributed by atoms with E-state index in [2.05, 4.69) is 9.97 Å². The largest absolute Gasteiger partial charge is 0.294 e. The summed E-state index contributed by atoms with van der Waals surface area (Å²) in [4.78, 5) is 35.9. The van der Waals surface area contributed by atoms with Gasteiger partial charge in [-0.3, -0.25) is 9.59 Å². The second kappa shape index (κ2) is 8.64. The van der Waals surface area contributed by atoms with Crippen molar-refractivity contribution in [2.75, 3.05) is 5.75 Å². The summed E-state index contributed by atoms with van der Waals surface area (Å²) in [5.74, 6) is -0.843. The number of thioether (sulfide) groups is 1. The molecular weight excluding hydrogens is 480 g/mol. The van der Waals surface area contributed by atoms with Crippen LogP contribution in [0.5, 0.6) is 0 Å². The minimum absolute atomic E-state index is 0.0157. The third kappa shape index (κ3) is 4.53. The molecule has 174 valence electrons. The van der Waals surface area contributed by atoms with Crippen LogP contribution in [0.2, 0.25) is 5.02 Å². The highest BCUT2D eigenvalue weighted by Crippen LogP contribution is 2.44. The van der Waals surface area contributed by atoms with Crippen LogP contribution in [0, 0.1) is 13.8 Å². The first-order valence-corrected chi connectivity index (χ1v) is 13.6. The number of hydrogen-bond donors (Lipinski definition) is 0. The Kier molecular flexibility index (Phi) is 6.31. The van der Waals surface area contributed by atoms with Crippen molar-refractivity contribution in [3.05, 3.63) is 56.2 Å². The SMILES string of the molecule is Cc1cc(C)nc(SC2=C(C(=O)c3ccc4c(c3Cl)S(=O)(=O)CCC4(C)C)C(=O)CCC2)n1. The zero-order valence-electron chi connectivity index (χ0n) is 19.0. The molecule has 0 spiro atoms. The summed E-state index contributed by atoms with van der Waals surface area (Å²) >= 11 is 7.80. The number of allylic oxidation sites excluding steroid dienone is 2. The molecule has 0 radical (unpaired) electrons. The van der Waals surface area contributed by atoms with Crippen molar-refractivity contribution in [3.63, 3.8) is 0 Å². The number of Topliss-reactive ketones (excluding diaryl/α,β-unsaturated/α-hetero) is 2. The van der Waals surface area contributed by atoms with Crippen molar-refractivity contribution in [3.8, 4) is 0 Å². The average Bonchev–Trinajstić information content (AvgIpc) is 2.70. The molecule has 4 rings (SSSR count). The van der Waals surface area contributed by atoms with E-state index in [1.807, 2.05) is 33.8 Å². The highest BCUT2D eigenvalue weighted by atomic mass is 35.5. The van der Waals surface area contributed by atoms with Gasteiger partial charge in [0.15, 0.2) is 26.6 Å². The molecule has 9 heteroatoms. The molecule has 0 atom stereocenters. The predicted molar refractivity (Wildman–Crippen MR) is 129 cm³/mol. The van der Waals surface area contributed by atoms with Gasteiger partial charge in [-0.2, -0.15) is 0 Å². The number of aromatic nitrogens is 2. The van der Waals surface area contributed by atoms with Crippen molar-refractivity contribution in [1.29, 1.82) is 0 Å². The van der Waals surface area contributed by atoms with Crippen LogP contribution in [-0.2, 0) is 20.0 Å². The highest BCUT2D eigenvalue weighted by molar-refractivity contribution is 8.03. The van der Waals surface area contributed by atoms with E-state index < -0.39 is 15.6 Å². The van der Waals surface area contributed by atoms with Gasteiger partial charge in [0.05, 0.1) is 21.2 Å². The normalized spacial score (nSPS) is 19.4. The minimum atomic E-state index is -3.63. The Morgan fingerprint density at radius 2 is 1.79 bits per heavy atom. The second-order valence-corrected chi connectivity index (χ2v) is 12.7. The number of aryl methyl sites for hydroxylation is 2. The number of carbonyl (C=O) groups is 2. The monoisotopic (exact) mass is 504 g/mol. The molecule has 2 aliphatic rings. The lowest BCUT2D eigenvalue weighted by atomic mass is 9.81. The molecule has 0 saturated carbocycles. The summed E-state index contributed by atoms with van der Waals surface area (Å²) in [6.45, 7) is 7.65. The van der Waals surface area contributed by atoms with Crippen molar-refractivity contribution >= 4 is 44.8 Å². The number of ketones is 2. The average molecular weight is 505 g/mol. The van der Waals surface area contributed by atoms with Gasteiger partial charge in [0, 0.05) is 28.3 Å². The van der Waals surface area contributed by atoms with E-state index in [0.717, 1.165) is 11.4 Å². The molecule has 1 aliphatic heterocycles. The van der Waals surface area contributed by atoms with Crippen LogP contribution in [0.4, 0.5) is 0 Å². The van der Waals surface area contributed by atoms with E-state index in [4.69, 9.17) is 11.6 Å². The molecule has 0 fully saturated rings. The lowest BCUT2D eigenvalue weighted by molar-refractivity contribution is -0.115. The summed E-state index contributed by atoms with van der Waals surface area (Å²) in [6, 6.07) is 5.07. The number of benzene rings is 1. The molecule has 0 N–H and O–H groups in total. The molecule has 2 aromatic rings. The standard InChI is InChI=1S/C24H25ClN2O4S2/c1-13-12-14(2)27-23(26-13)32-18-7-5-6-17(28)19(18)21(29)15-8-9-16-22(20(15)25)33(30,31)11-10-24(16,3)4/h8-9,12H,5-7,10-11H2,1-4H3. The first-order valence-electron chi connectivity index (χ1n) is 10.8. The van der Waals surface area contributed by atoms with E-state index in [1.165, 1.54) is 11.8 Å². The Labute approximate surface area is 203 Å². The van der Waals surface area contributed by atoms with Crippen LogP contribution < -0.4 is 0 Å². The number of rotatable bonds is 4. The van der Waals surface area contributed by atoms with Gasteiger partial charge in [-0.25, -0.2) is 18.4 Å². The van der Waals surface area contributed by atoms with Gasteiger partial charge in [-0.1, -0.05) is 43.3 Å². The first-order chi connectivity index (χ1) is 15.4. The fraction of sp³-hybridized carbons (Fsp3) is 0.417. The van der Waals surface area contributed by atoms with Crippen LogP contribution in [0.15, 0.2) is 38.7 Å². The van der Waals surface area contributed by atoms with Crippen LogP contribution >= 0.6 is 23.4 Å². The molecule has 0 amide bonds. The van der Waals surface area contributed by atoms with E-state index >= 15 is 0 Å². The molecule has 33 heavy (non-hydrogen) atoms. The van der Waals surface area contributed by atoms with Crippen molar-refractivity contribution < 1.29 is 18.0 Å². The minimum Gasteiger partial charge on any atom is -0.294 e. The molecule has 6 nitrogen and oxygen atoms in total. The maximum Gasteiger partial charge on any atom is 0.198 e. The van der Waals surface area contributed by atoms with Crippen molar-refractivity contribution in [2.45, 2.75) is 68.8 Å². The fourth-order valence-corrected chi connectivity index (χ4v) is 8.15. The number of hydrogen-bond acceptors (Lipinski definition) is 7. The van der Waals surface area contributed by atoms with E-state index in [-0.39, 0.29) is 44.4 Å². The number of sulfone groups is 1. The molecule has 0 unspecified atom stereocenters. The Hall–Kier alpha value is -2.03. The fourth-order valence-electron chi connectivity index (χ4n) is 4.35. The van der Waals surface area contributed by atoms with Crippen LogP contribution in [-0.4, -0.2) is 35.7 Å². The van der Waals surface area contributed by atoms with E-state index in [0.29, 0.717) is 34.9 Å². The second-order valence-electron chi connectivity index (χ2n) is 9.20. The van der Waals surface area contributed by atoms with Gasteiger partial charge in [0.25, 0.3) is 0 Å². The Morgan fingerprint density at radius 3 is 2.45 bits per heavy atom. The zero-order valence-corrected chi connectivity index (χ0v) is 21.4. The smallest absolute Gasteiger partial charge is 0.198 e. The maximum atomic E-state index is 13.6. The third-order valence-corrected chi connectivity index (χ3v) is 9.46. The number of halogens is 1. The topological polar surface area (TPSA) is 94.1 Å². The van der Waals surface area contributed by atoms with Crippen LogP contribution in [0.25, 0.3) is 0 Å². The van der Waals surface area contributed by atoms with Crippen molar-refractivity contribution in [1.82, 2.24) is 9.97 Å². The van der Waals surface area contributed by atoms with Gasteiger partial charge in [-0.05, 0) is 56.2 Å². The third-order valence-electron chi connectivity index (χ3n) is 6.15. The highest BCUT2D eigenvalue weighted by Gasteiger charge is 2.39. The summed E-state index contributed by atoms with van der Waals surface area (Å²) in [6.07, 6.45) is 1.91. The van der Waals surface area contributed by atoms with Crippen LogP contribution in [0.3, 0.4) is 0 Å². The van der Waals surface area contributed by atoms with E-state index in [1.54, 1.807) is 12.1 Å². The van der Waals surface area contributed by atoms with Crippen molar-refractivity contribution in [2.24, 2.45) is 0 Å². The molecule has 1 aromatic heterocycles. The molecule has 1 aliphatic carbocycles. The number of carbonyl (C=O) groups excluding carboxylic acids is 2. The summed E-state index contributed by atoms with van der Waals surface area (Å²) in [5.41, 5.74) is 1.92. The zero-order chi connectivity index (χ0) is 24.1. The molecule has 0 saturated heterocycles. The lowest BCUT2D eigenvalue weighted by Gasteiger charge is -2.33. The maximum absolute atomic E-state index is 13.6. The summed E-state index contributed by atoms with van der Waals surface area (Å²) in [5, 5.41) is 0.381. The van der Waals surface area contributed by atoms with Gasteiger partial charge in [0.2, 0.25) is 0 Å². The van der Waals surface area contributed by atoms with Gasteiger partial charge in [0.1, 0.15) is 0 Å². The quantitative estimate of drug-likeness (QED) is 0.321. The molecule has 2 heterocycles. The molecular formula is C24H25ClN2O4S2. The van der Waals surface area contributed by atoms with E-state index in [9.17, 15) is 18.0 Å². The van der Waals surface area contributed by atoms with Gasteiger partial charge in [-0.15, -0.1) is 0 Å². The number of fused-ring (bicyclic) bond motifs is 1. The lowest BCUT2D eigenvalue weighted by Crippen LogP contribution is -2.31. The Bertz CT molecular complexity index is 1310. The Balaban J connectivity index is 1.84. The summed E-state index contributed by atoms with van der Waals surface area (Å²) < 4.78 is 25.7. The first kappa shape index (κ1) is 24.1. The molecule has 1 aromatic carbocycles.